The third-order valence-electron chi connectivity index (χ3n) is 2.94. The van der Waals surface area contributed by atoms with Crippen LogP contribution in [0.2, 0.25) is 0 Å². The van der Waals surface area contributed by atoms with E-state index in [-0.39, 0.29) is 0 Å². The number of aromatic nitrogens is 2. The molecule has 0 atom stereocenters. The van der Waals surface area contributed by atoms with Crippen molar-refractivity contribution in [2.75, 3.05) is 0 Å². The Hall–Kier alpha value is -1.91. The van der Waals surface area contributed by atoms with E-state index in [0.29, 0.717) is 0 Å². The summed E-state index contributed by atoms with van der Waals surface area (Å²) < 4.78 is 0. The van der Waals surface area contributed by atoms with Crippen molar-refractivity contribution in [2.45, 2.75) is 13.1 Å². The molecule has 2 aromatic heterocycles. The molecule has 2 N–H and O–H groups in total. The van der Waals surface area contributed by atoms with Gasteiger partial charge in [-0.1, -0.05) is 30.3 Å². The first-order valence-corrected chi connectivity index (χ1v) is 7.11. The molecule has 0 amide bonds. The zero-order chi connectivity index (χ0) is 12.9. The van der Waals surface area contributed by atoms with Crippen molar-refractivity contribution in [2.24, 2.45) is 0 Å². The van der Waals surface area contributed by atoms with Gasteiger partial charge in [0.05, 0.1) is 6.20 Å². The molecule has 3 aromatic rings. The van der Waals surface area contributed by atoms with E-state index in [1.165, 1.54) is 21.6 Å². The van der Waals surface area contributed by atoms with Crippen molar-refractivity contribution in [3.63, 3.8) is 0 Å². The molecule has 0 unspecified atom stereocenters. The quantitative estimate of drug-likeness (QED) is 0.745. The molecular formula is C15H15N3S. The number of nitrogens with zero attached hydrogens (tertiary/aromatic N) is 1. The summed E-state index contributed by atoms with van der Waals surface area (Å²) in [5.74, 6) is 0. The molecule has 19 heavy (non-hydrogen) atoms. The second-order valence-electron chi connectivity index (χ2n) is 4.38. The lowest BCUT2D eigenvalue weighted by atomic mass is 10.1. The monoisotopic (exact) mass is 269 g/mol. The predicted molar refractivity (Wildman–Crippen MR) is 78.9 cm³/mol. The summed E-state index contributed by atoms with van der Waals surface area (Å²) in [5, 5.41) is 12.4. The summed E-state index contributed by atoms with van der Waals surface area (Å²) in [6.45, 7) is 1.73. The molecular weight excluding hydrogens is 254 g/mol. The lowest BCUT2D eigenvalue weighted by molar-refractivity contribution is 0.701. The van der Waals surface area contributed by atoms with Crippen molar-refractivity contribution in [3.05, 3.63) is 64.6 Å². The number of H-pyrrole nitrogens is 1. The Morgan fingerprint density at radius 1 is 1.11 bits per heavy atom. The van der Waals surface area contributed by atoms with Crippen LogP contribution in [0.25, 0.3) is 11.1 Å². The maximum absolute atomic E-state index is 3.93. The van der Waals surface area contributed by atoms with Crippen LogP contribution in [0.4, 0.5) is 0 Å². The molecule has 0 spiro atoms. The molecule has 0 saturated heterocycles. The molecule has 0 aliphatic carbocycles. The largest absolute Gasteiger partial charge is 0.308 e. The van der Waals surface area contributed by atoms with Crippen LogP contribution in [0, 0.1) is 0 Å². The maximum Gasteiger partial charge on any atom is 0.0532 e. The Morgan fingerprint density at radius 2 is 2.00 bits per heavy atom. The fourth-order valence-corrected chi connectivity index (χ4v) is 2.82. The van der Waals surface area contributed by atoms with Crippen LogP contribution in [0.1, 0.15) is 10.4 Å². The summed E-state index contributed by atoms with van der Waals surface area (Å²) in [6.07, 6.45) is 3.76. The van der Waals surface area contributed by atoms with Crippen molar-refractivity contribution in [1.82, 2.24) is 15.5 Å². The van der Waals surface area contributed by atoms with Crippen molar-refractivity contribution in [1.29, 1.82) is 0 Å². The Balaban J connectivity index is 1.59. The number of aromatic amines is 1. The van der Waals surface area contributed by atoms with E-state index in [2.05, 4.69) is 51.2 Å². The zero-order valence-corrected chi connectivity index (χ0v) is 11.3. The average molecular weight is 269 g/mol. The van der Waals surface area contributed by atoms with Crippen LogP contribution in [0.3, 0.4) is 0 Å². The normalized spacial score (nSPS) is 10.7. The van der Waals surface area contributed by atoms with Gasteiger partial charge in [0, 0.05) is 29.7 Å². The van der Waals surface area contributed by atoms with E-state index in [4.69, 9.17) is 0 Å². The molecule has 0 aliphatic rings. The van der Waals surface area contributed by atoms with Gasteiger partial charge in [-0.3, -0.25) is 5.10 Å². The highest BCUT2D eigenvalue weighted by molar-refractivity contribution is 7.10. The first-order valence-electron chi connectivity index (χ1n) is 6.23. The number of hydrogen-bond donors (Lipinski definition) is 2. The molecule has 1 aromatic carbocycles. The Bertz CT molecular complexity index is 614. The predicted octanol–water partition coefficient (Wildman–Crippen LogP) is 3.43. The fraction of sp³-hybridized carbons (Fsp3) is 0.133. The fourth-order valence-electron chi connectivity index (χ4n) is 1.96. The summed E-state index contributed by atoms with van der Waals surface area (Å²) in [4.78, 5) is 1.35. The average Bonchev–Trinajstić information content (AvgIpc) is 3.11. The van der Waals surface area contributed by atoms with Crippen LogP contribution in [-0.4, -0.2) is 10.2 Å². The lowest BCUT2D eigenvalue weighted by Gasteiger charge is -2.00. The minimum atomic E-state index is 0.842. The molecule has 0 radical (unpaired) electrons. The van der Waals surface area contributed by atoms with Crippen LogP contribution >= 0.6 is 11.3 Å². The standard InChI is InChI=1S/C15H15N3S/c1-2-4-13(5-3-1)14-6-15(19-11-14)10-16-7-12-8-17-18-9-12/h1-6,8-9,11,16H,7,10H2,(H,17,18). The van der Waals surface area contributed by atoms with Gasteiger partial charge in [-0.2, -0.15) is 5.10 Å². The van der Waals surface area contributed by atoms with Crippen LogP contribution < -0.4 is 5.32 Å². The van der Waals surface area contributed by atoms with Gasteiger partial charge in [0.15, 0.2) is 0 Å². The smallest absolute Gasteiger partial charge is 0.0532 e. The zero-order valence-electron chi connectivity index (χ0n) is 10.5. The van der Waals surface area contributed by atoms with Gasteiger partial charge in [0.25, 0.3) is 0 Å². The molecule has 0 fully saturated rings. The highest BCUT2D eigenvalue weighted by atomic mass is 32.1. The molecule has 0 aliphatic heterocycles. The first kappa shape index (κ1) is 12.1. The van der Waals surface area contributed by atoms with E-state index in [1.54, 1.807) is 11.3 Å². The van der Waals surface area contributed by atoms with Gasteiger partial charge in [0.2, 0.25) is 0 Å². The molecule has 3 nitrogen and oxygen atoms in total. The highest BCUT2D eigenvalue weighted by Crippen LogP contribution is 2.25. The molecule has 0 saturated carbocycles. The highest BCUT2D eigenvalue weighted by Gasteiger charge is 2.02. The Kier molecular flexibility index (Phi) is 3.72. The van der Waals surface area contributed by atoms with E-state index in [9.17, 15) is 0 Å². The van der Waals surface area contributed by atoms with Crippen molar-refractivity contribution < 1.29 is 0 Å². The maximum atomic E-state index is 3.93. The number of thiophene rings is 1. The minimum Gasteiger partial charge on any atom is -0.308 e. The second kappa shape index (κ2) is 5.82. The minimum absolute atomic E-state index is 0.842. The second-order valence-corrected chi connectivity index (χ2v) is 5.37. The Labute approximate surface area is 116 Å². The first-order chi connectivity index (χ1) is 9.42. The summed E-state index contributed by atoms with van der Waals surface area (Å²) in [7, 11) is 0. The SMILES string of the molecule is c1ccc(-c2csc(CNCc3cn[nH]c3)c2)cc1. The molecule has 0 bridgehead atoms. The molecule has 96 valence electrons. The molecule has 4 heteroatoms. The van der Waals surface area contributed by atoms with Crippen LogP contribution in [0.5, 0.6) is 0 Å². The van der Waals surface area contributed by atoms with E-state index in [1.807, 2.05) is 18.5 Å². The van der Waals surface area contributed by atoms with Gasteiger partial charge < -0.3 is 5.32 Å². The van der Waals surface area contributed by atoms with Gasteiger partial charge >= 0.3 is 0 Å². The Morgan fingerprint density at radius 3 is 2.79 bits per heavy atom. The van der Waals surface area contributed by atoms with Gasteiger partial charge in [-0.05, 0) is 22.6 Å². The van der Waals surface area contributed by atoms with Gasteiger partial charge in [-0.15, -0.1) is 11.3 Å². The number of benzene rings is 1. The van der Waals surface area contributed by atoms with Gasteiger partial charge in [0.1, 0.15) is 0 Å². The van der Waals surface area contributed by atoms with E-state index >= 15 is 0 Å². The topological polar surface area (TPSA) is 40.7 Å². The van der Waals surface area contributed by atoms with Crippen LogP contribution in [-0.2, 0) is 13.1 Å². The van der Waals surface area contributed by atoms with E-state index < -0.39 is 0 Å². The third-order valence-corrected chi connectivity index (χ3v) is 3.88. The lowest BCUT2D eigenvalue weighted by Crippen LogP contribution is -2.10. The van der Waals surface area contributed by atoms with E-state index in [0.717, 1.165) is 13.1 Å². The third kappa shape index (κ3) is 3.10. The van der Waals surface area contributed by atoms with Crippen molar-refractivity contribution >= 4 is 11.3 Å². The molecule has 3 rings (SSSR count). The summed E-state index contributed by atoms with van der Waals surface area (Å²) >= 11 is 1.80. The number of nitrogens with one attached hydrogen (secondary N) is 2. The number of rotatable bonds is 5. The summed E-state index contributed by atoms with van der Waals surface area (Å²) in [6, 6.07) is 12.7. The van der Waals surface area contributed by atoms with Crippen LogP contribution in [0.15, 0.2) is 54.2 Å². The number of hydrogen-bond acceptors (Lipinski definition) is 3. The van der Waals surface area contributed by atoms with Gasteiger partial charge in [-0.25, -0.2) is 0 Å². The molecule has 2 heterocycles. The summed E-state index contributed by atoms with van der Waals surface area (Å²) in [5.41, 5.74) is 3.75. The van der Waals surface area contributed by atoms with Crippen molar-refractivity contribution in [3.8, 4) is 11.1 Å².